The van der Waals surface area contributed by atoms with Crippen molar-refractivity contribution in [2.75, 3.05) is 6.61 Å². The number of nitrogens with zero attached hydrogens (tertiary/aromatic N) is 3. The normalized spacial score (nSPS) is 11.7. The predicted octanol–water partition coefficient (Wildman–Crippen LogP) is 2.85. The van der Waals surface area contributed by atoms with Crippen LogP contribution in [0.15, 0.2) is 67.0 Å². The lowest BCUT2D eigenvalue weighted by atomic mass is 10.1. The molecule has 0 fully saturated rings. The van der Waals surface area contributed by atoms with Gasteiger partial charge < -0.3 is 10.1 Å². The number of aromatic nitrogens is 3. The van der Waals surface area contributed by atoms with Gasteiger partial charge in [-0.2, -0.15) is 15.0 Å². The van der Waals surface area contributed by atoms with Crippen LogP contribution in [0.4, 0.5) is 0 Å². The molecule has 0 radical (unpaired) electrons. The number of hydrogen-bond donors (Lipinski definition) is 1. The molecule has 0 saturated carbocycles. The molecule has 1 aromatic heterocycles. The highest BCUT2D eigenvalue weighted by Crippen LogP contribution is 2.17. The molecule has 6 heteroatoms. The molecule has 0 saturated heterocycles. The third-order valence-electron chi connectivity index (χ3n) is 3.75. The van der Waals surface area contributed by atoms with Gasteiger partial charge >= 0.3 is 0 Å². The van der Waals surface area contributed by atoms with Crippen LogP contribution in [0.2, 0.25) is 0 Å². The number of rotatable bonds is 7. The van der Waals surface area contributed by atoms with E-state index in [1.165, 1.54) is 0 Å². The Balaban J connectivity index is 1.76. The number of hydrogen-bond acceptors (Lipinski definition) is 4. The maximum Gasteiger partial charge on any atom is 0.251 e. The maximum atomic E-state index is 12.6. The van der Waals surface area contributed by atoms with Crippen LogP contribution in [0.25, 0.3) is 0 Å². The fourth-order valence-electron chi connectivity index (χ4n) is 2.53. The number of carbonyl (C=O) groups is 1. The Bertz CT molecular complexity index is 786. The van der Waals surface area contributed by atoms with E-state index in [1.54, 1.807) is 41.5 Å². The van der Waals surface area contributed by atoms with E-state index in [-0.39, 0.29) is 11.9 Å². The molecule has 1 atom stereocenters. The largest absolute Gasteiger partial charge is 0.494 e. The second kappa shape index (κ2) is 8.10. The van der Waals surface area contributed by atoms with Crippen LogP contribution in [0.1, 0.15) is 28.9 Å². The summed E-state index contributed by atoms with van der Waals surface area (Å²) in [5.74, 6) is 0.600. The summed E-state index contributed by atoms with van der Waals surface area (Å²) in [5.41, 5.74) is 1.58. The smallest absolute Gasteiger partial charge is 0.251 e. The van der Waals surface area contributed by atoms with Crippen LogP contribution in [0, 0.1) is 0 Å². The molecule has 0 aliphatic carbocycles. The zero-order valence-electron chi connectivity index (χ0n) is 14.0. The van der Waals surface area contributed by atoms with Gasteiger partial charge in [0.05, 0.1) is 31.6 Å². The number of ether oxygens (including phenoxy) is 1. The van der Waals surface area contributed by atoms with Crippen LogP contribution < -0.4 is 10.1 Å². The second-order valence-corrected chi connectivity index (χ2v) is 5.48. The summed E-state index contributed by atoms with van der Waals surface area (Å²) in [6.07, 6.45) is 3.24. The predicted molar refractivity (Wildman–Crippen MR) is 94.3 cm³/mol. The Hall–Kier alpha value is -3.15. The van der Waals surface area contributed by atoms with Gasteiger partial charge in [-0.25, -0.2) is 0 Å². The molecular weight excluding hydrogens is 316 g/mol. The average molecular weight is 336 g/mol. The first-order chi connectivity index (χ1) is 12.3. The number of carbonyl (C=O) groups excluding carboxylic acids is 1. The topological polar surface area (TPSA) is 69.0 Å². The Morgan fingerprint density at radius 2 is 1.76 bits per heavy atom. The first-order valence-corrected chi connectivity index (χ1v) is 8.19. The standard InChI is InChI=1S/C19H20N4O2/c1-2-25-17-10-8-16(9-11-17)19(24)22-18(14-23-20-12-13-21-23)15-6-4-3-5-7-15/h3-13,18H,2,14H2,1H3,(H,22,24)/t18-/m1/s1. The van der Waals surface area contributed by atoms with E-state index in [9.17, 15) is 4.79 Å². The van der Waals surface area contributed by atoms with Crippen molar-refractivity contribution < 1.29 is 9.53 Å². The summed E-state index contributed by atoms with van der Waals surface area (Å²) in [5, 5.41) is 11.3. The lowest BCUT2D eigenvalue weighted by Crippen LogP contribution is -2.32. The number of benzene rings is 2. The highest BCUT2D eigenvalue weighted by atomic mass is 16.5. The second-order valence-electron chi connectivity index (χ2n) is 5.48. The summed E-state index contributed by atoms with van der Waals surface area (Å²) < 4.78 is 5.41. The average Bonchev–Trinajstić information content (AvgIpc) is 3.16. The van der Waals surface area contributed by atoms with Crippen molar-refractivity contribution in [2.24, 2.45) is 0 Å². The SMILES string of the molecule is CCOc1ccc(C(=O)N[C@H](Cn2nccn2)c2ccccc2)cc1. The molecule has 25 heavy (non-hydrogen) atoms. The van der Waals surface area contributed by atoms with E-state index in [2.05, 4.69) is 15.5 Å². The van der Waals surface area contributed by atoms with Crippen LogP contribution in [-0.4, -0.2) is 27.5 Å². The van der Waals surface area contributed by atoms with E-state index in [1.807, 2.05) is 37.3 Å². The number of nitrogens with one attached hydrogen (secondary N) is 1. The van der Waals surface area contributed by atoms with Crippen LogP contribution >= 0.6 is 0 Å². The molecule has 1 N–H and O–H groups in total. The van der Waals surface area contributed by atoms with Crippen molar-refractivity contribution in [1.29, 1.82) is 0 Å². The molecule has 1 heterocycles. The van der Waals surface area contributed by atoms with E-state index in [0.717, 1.165) is 11.3 Å². The van der Waals surface area contributed by atoms with Crippen molar-refractivity contribution in [3.05, 3.63) is 78.1 Å². The zero-order chi connectivity index (χ0) is 17.5. The van der Waals surface area contributed by atoms with Gasteiger partial charge in [-0.05, 0) is 36.8 Å². The van der Waals surface area contributed by atoms with Gasteiger partial charge in [0.2, 0.25) is 0 Å². The maximum absolute atomic E-state index is 12.6. The Labute approximate surface area is 146 Å². The van der Waals surface area contributed by atoms with Crippen LogP contribution in [0.5, 0.6) is 5.75 Å². The van der Waals surface area contributed by atoms with E-state index in [4.69, 9.17) is 4.74 Å². The minimum absolute atomic E-state index is 0.149. The van der Waals surface area contributed by atoms with Gasteiger partial charge in [0.25, 0.3) is 5.91 Å². The van der Waals surface area contributed by atoms with Gasteiger partial charge in [0.15, 0.2) is 0 Å². The molecule has 1 amide bonds. The van der Waals surface area contributed by atoms with E-state index >= 15 is 0 Å². The monoisotopic (exact) mass is 336 g/mol. The summed E-state index contributed by atoms with van der Waals surface area (Å²) in [7, 11) is 0. The zero-order valence-corrected chi connectivity index (χ0v) is 14.0. The van der Waals surface area contributed by atoms with Crippen LogP contribution in [-0.2, 0) is 6.54 Å². The van der Waals surface area contributed by atoms with Crippen molar-refractivity contribution in [1.82, 2.24) is 20.3 Å². The molecule has 6 nitrogen and oxygen atoms in total. The summed E-state index contributed by atoms with van der Waals surface area (Å²) in [6, 6.07) is 16.7. The molecule has 2 aromatic carbocycles. The molecule has 3 aromatic rings. The minimum Gasteiger partial charge on any atom is -0.494 e. The van der Waals surface area contributed by atoms with Crippen molar-refractivity contribution >= 4 is 5.91 Å². The molecule has 0 spiro atoms. The number of amides is 1. The molecule has 0 aliphatic rings. The highest BCUT2D eigenvalue weighted by Gasteiger charge is 2.17. The molecule has 0 bridgehead atoms. The van der Waals surface area contributed by atoms with Crippen molar-refractivity contribution in [3.63, 3.8) is 0 Å². The minimum atomic E-state index is -0.229. The van der Waals surface area contributed by atoms with E-state index in [0.29, 0.717) is 18.7 Å². The quantitative estimate of drug-likeness (QED) is 0.720. The van der Waals surface area contributed by atoms with Gasteiger partial charge in [-0.1, -0.05) is 30.3 Å². The summed E-state index contributed by atoms with van der Waals surface area (Å²) in [6.45, 7) is 2.98. The van der Waals surface area contributed by atoms with E-state index < -0.39 is 0 Å². The first-order valence-electron chi connectivity index (χ1n) is 8.19. The summed E-state index contributed by atoms with van der Waals surface area (Å²) in [4.78, 5) is 14.2. The lowest BCUT2D eigenvalue weighted by molar-refractivity contribution is 0.0930. The van der Waals surface area contributed by atoms with Gasteiger partial charge in [-0.15, -0.1) is 0 Å². The first kappa shape index (κ1) is 16.7. The third-order valence-corrected chi connectivity index (χ3v) is 3.75. The van der Waals surface area contributed by atoms with Crippen molar-refractivity contribution in [3.8, 4) is 5.75 Å². The van der Waals surface area contributed by atoms with Gasteiger partial charge in [0, 0.05) is 5.56 Å². The Kier molecular flexibility index (Phi) is 5.41. The lowest BCUT2D eigenvalue weighted by Gasteiger charge is -2.19. The molecule has 128 valence electrons. The summed E-state index contributed by atoms with van der Waals surface area (Å²) >= 11 is 0. The fourth-order valence-corrected chi connectivity index (χ4v) is 2.53. The molecular formula is C19H20N4O2. The third kappa shape index (κ3) is 4.44. The Morgan fingerprint density at radius 3 is 2.40 bits per heavy atom. The van der Waals surface area contributed by atoms with Gasteiger partial charge in [-0.3, -0.25) is 4.79 Å². The molecule has 0 aliphatic heterocycles. The van der Waals surface area contributed by atoms with Gasteiger partial charge in [0.1, 0.15) is 5.75 Å². The fraction of sp³-hybridized carbons (Fsp3) is 0.211. The molecule has 0 unspecified atom stereocenters. The van der Waals surface area contributed by atoms with Crippen LogP contribution in [0.3, 0.4) is 0 Å². The molecule has 3 rings (SSSR count). The highest BCUT2D eigenvalue weighted by molar-refractivity contribution is 5.94. The Morgan fingerprint density at radius 1 is 1.08 bits per heavy atom. The van der Waals surface area contributed by atoms with Crippen molar-refractivity contribution in [2.45, 2.75) is 19.5 Å².